The fourth-order valence-corrected chi connectivity index (χ4v) is 4.10. The molecule has 0 spiro atoms. The van der Waals surface area contributed by atoms with Gasteiger partial charge in [-0.2, -0.15) is 0 Å². The van der Waals surface area contributed by atoms with Crippen molar-refractivity contribution in [3.05, 3.63) is 0 Å². The molecule has 21 heavy (non-hydrogen) atoms. The Kier molecular flexibility index (Phi) is 8.79. The minimum absolute atomic E-state index is 0. The molecule has 2 rings (SSSR count). The van der Waals surface area contributed by atoms with E-state index in [0.29, 0.717) is 12.1 Å². The van der Waals surface area contributed by atoms with Crippen LogP contribution in [-0.2, 0) is 0 Å². The molecule has 4 nitrogen and oxygen atoms in total. The van der Waals surface area contributed by atoms with Crippen LogP contribution in [0.4, 0.5) is 0 Å². The molecule has 2 aliphatic heterocycles. The van der Waals surface area contributed by atoms with E-state index in [-0.39, 0.29) is 5.48 Å². The van der Waals surface area contributed by atoms with E-state index in [1.165, 1.54) is 77.3 Å². The minimum Gasteiger partial charge on any atom is -0.412 e. The molecule has 0 saturated carbocycles. The second kappa shape index (κ2) is 9.78. The summed E-state index contributed by atoms with van der Waals surface area (Å²) < 4.78 is 0. The van der Waals surface area contributed by atoms with Gasteiger partial charge in [-0.3, -0.25) is 0 Å². The van der Waals surface area contributed by atoms with E-state index in [0.717, 1.165) is 6.04 Å². The Balaban J connectivity index is 0.00000220. The molecule has 4 heteroatoms. The molecule has 3 unspecified atom stereocenters. The lowest BCUT2D eigenvalue weighted by molar-refractivity contribution is 0.151. The Bertz CT molecular complexity index is 275. The van der Waals surface area contributed by atoms with E-state index in [1.807, 2.05) is 0 Å². The van der Waals surface area contributed by atoms with Gasteiger partial charge in [-0.15, -0.1) is 0 Å². The van der Waals surface area contributed by atoms with E-state index in [4.69, 9.17) is 5.73 Å². The van der Waals surface area contributed by atoms with Crippen molar-refractivity contribution in [2.75, 3.05) is 27.2 Å². The van der Waals surface area contributed by atoms with E-state index >= 15 is 0 Å². The maximum Gasteiger partial charge on any atom is 0.0244 e. The molecular weight excluding hydrogens is 262 g/mol. The van der Waals surface area contributed by atoms with Crippen molar-refractivity contribution < 1.29 is 5.48 Å². The Morgan fingerprint density at radius 3 is 2.29 bits per heavy atom. The average molecular weight is 300 g/mol. The number of piperidine rings is 2. The number of hydrogen-bond acceptors (Lipinski definition) is 3. The van der Waals surface area contributed by atoms with Crippen molar-refractivity contribution >= 4 is 0 Å². The Hall–Kier alpha value is -0.160. The molecular formula is C17H37N3O. The molecule has 2 aliphatic rings. The summed E-state index contributed by atoms with van der Waals surface area (Å²) in [7, 11) is 4.55. The third-order valence-electron chi connectivity index (χ3n) is 5.57. The summed E-state index contributed by atoms with van der Waals surface area (Å²) in [6.45, 7) is 2.54. The number of nitrogens with two attached hydrogens (primary N) is 1. The number of rotatable bonds is 6. The maximum atomic E-state index is 6.43. The Labute approximate surface area is 131 Å². The molecule has 2 fully saturated rings. The van der Waals surface area contributed by atoms with Crippen LogP contribution in [0.15, 0.2) is 0 Å². The lowest BCUT2D eigenvalue weighted by atomic mass is 9.92. The van der Waals surface area contributed by atoms with Crippen molar-refractivity contribution in [2.24, 2.45) is 5.73 Å². The monoisotopic (exact) mass is 299 g/mol. The van der Waals surface area contributed by atoms with Gasteiger partial charge in [0.15, 0.2) is 0 Å². The zero-order valence-corrected chi connectivity index (χ0v) is 14.2. The summed E-state index contributed by atoms with van der Waals surface area (Å²) in [5.74, 6) is 0. The van der Waals surface area contributed by atoms with Gasteiger partial charge >= 0.3 is 0 Å². The molecule has 4 N–H and O–H groups in total. The van der Waals surface area contributed by atoms with Crippen LogP contribution >= 0.6 is 0 Å². The third-order valence-corrected chi connectivity index (χ3v) is 5.57. The standard InChI is InChI=1S/C17H35N3.H2O/c1-19-13-7-5-10-15(19)9-3-4-11-16(18)17-12-6-8-14-20(17)2;/h15-17H,3-14,18H2,1-2H3;1H2. The molecule has 126 valence electrons. The quantitative estimate of drug-likeness (QED) is 0.763. The highest BCUT2D eigenvalue weighted by atomic mass is 16.0. The first-order valence-electron chi connectivity index (χ1n) is 8.84. The number of hydrogen-bond donors (Lipinski definition) is 1. The van der Waals surface area contributed by atoms with Crippen LogP contribution in [0.1, 0.15) is 64.2 Å². The topological polar surface area (TPSA) is 64.0 Å². The number of likely N-dealkylation sites (tertiary alicyclic amines) is 2. The second-order valence-corrected chi connectivity index (χ2v) is 7.12. The van der Waals surface area contributed by atoms with Crippen molar-refractivity contribution in [2.45, 2.75) is 82.3 Å². The lowest BCUT2D eigenvalue weighted by Gasteiger charge is -2.36. The van der Waals surface area contributed by atoms with Crippen LogP contribution in [0.3, 0.4) is 0 Å². The van der Waals surface area contributed by atoms with Crippen molar-refractivity contribution in [1.82, 2.24) is 9.80 Å². The van der Waals surface area contributed by atoms with Crippen LogP contribution in [0.2, 0.25) is 0 Å². The highest BCUT2D eigenvalue weighted by Crippen LogP contribution is 2.22. The third kappa shape index (κ3) is 5.85. The molecule has 0 amide bonds. The van der Waals surface area contributed by atoms with Crippen molar-refractivity contribution in [3.8, 4) is 0 Å². The predicted octanol–water partition coefficient (Wildman–Crippen LogP) is 2.02. The summed E-state index contributed by atoms with van der Waals surface area (Å²) >= 11 is 0. The van der Waals surface area contributed by atoms with Gasteiger partial charge in [0.2, 0.25) is 0 Å². The van der Waals surface area contributed by atoms with Crippen LogP contribution in [-0.4, -0.2) is 60.6 Å². The smallest absolute Gasteiger partial charge is 0.0244 e. The molecule has 0 radical (unpaired) electrons. The average Bonchev–Trinajstić information content (AvgIpc) is 2.45. The van der Waals surface area contributed by atoms with E-state index < -0.39 is 0 Å². The zero-order chi connectivity index (χ0) is 14.4. The minimum atomic E-state index is 0. The summed E-state index contributed by atoms with van der Waals surface area (Å²) in [6, 6.07) is 1.88. The van der Waals surface area contributed by atoms with E-state index in [2.05, 4.69) is 23.9 Å². The highest BCUT2D eigenvalue weighted by Gasteiger charge is 2.24. The van der Waals surface area contributed by atoms with Gasteiger partial charge in [0.1, 0.15) is 0 Å². The second-order valence-electron chi connectivity index (χ2n) is 7.12. The summed E-state index contributed by atoms with van der Waals surface area (Å²) in [5.41, 5.74) is 6.43. The van der Waals surface area contributed by atoms with Gasteiger partial charge in [-0.1, -0.05) is 25.7 Å². The van der Waals surface area contributed by atoms with E-state index in [9.17, 15) is 0 Å². The first-order chi connectivity index (χ1) is 9.68. The van der Waals surface area contributed by atoms with Gasteiger partial charge in [0.05, 0.1) is 0 Å². The Morgan fingerprint density at radius 2 is 1.62 bits per heavy atom. The molecule has 0 aliphatic carbocycles. The summed E-state index contributed by atoms with van der Waals surface area (Å²) in [6.07, 6.45) is 13.5. The first-order valence-corrected chi connectivity index (χ1v) is 8.84. The predicted molar refractivity (Wildman–Crippen MR) is 90.6 cm³/mol. The van der Waals surface area contributed by atoms with Crippen LogP contribution in [0.5, 0.6) is 0 Å². The summed E-state index contributed by atoms with van der Waals surface area (Å²) in [4.78, 5) is 5.06. The molecule has 0 bridgehead atoms. The fourth-order valence-electron chi connectivity index (χ4n) is 4.10. The lowest BCUT2D eigenvalue weighted by Crippen LogP contribution is -2.48. The van der Waals surface area contributed by atoms with Gasteiger partial charge < -0.3 is 21.0 Å². The maximum absolute atomic E-state index is 6.43. The first kappa shape index (κ1) is 18.9. The molecule has 0 aromatic heterocycles. The Morgan fingerprint density at radius 1 is 0.952 bits per heavy atom. The summed E-state index contributed by atoms with van der Waals surface area (Å²) in [5, 5.41) is 0. The van der Waals surface area contributed by atoms with E-state index in [1.54, 1.807) is 0 Å². The molecule has 0 aromatic rings. The van der Waals surface area contributed by atoms with Crippen molar-refractivity contribution in [3.63, 3.8) is 0 Å². The molecule has 3 atom stereocenters. The molecule has 2 heterocycles. The van der Waals surface area contributed by atoms with Gasteiger partial charge in [-0.25, -0.2) is 0 Å². The molecule has 0 aromatic carbocycles. The SMILES string of the molecule is CN1CCCCC1CCCCC(N)C1CCCCN1C.O. The van der Waals surface area contributed by atoms with Crippen molar-refractivity contribution in [1.29, 1.82) is 0 Å². The number of nitrogens with zero attached hydrogens (tertiary/aromatic N) is 2. The normalized spacial score (nSPS) is 29.9. The fraction of sp³-hybridized carbons (Fsp3) is 1.00. The number of unbranched alkanes of at least 4 members (excludes halogenated alkanes) is 1. The number of likely N-dealkylation sites (N-methyl/N-ethyl adjacent to an activating group) is 1. The van der Waals surface area contributed by atoms with Gasteiger partial charge in [0.25, 0.3) is 0 Å². The van der Waals surface area contributed by atoms with Crippen LogP contribution in [0, 0.1) is 0 Å². The largest absolute Gasteiger partial charge is 0.412 e. The van der Waals surface area contributed by atoms with Gasteiger partial charge in [-0.05, 0) is 65.7 Å². The van der Waals surface area contributed by atoms with Crippen LogP contribution in [0.25, 0.3) is 0 Å². The zero-order valence-electron chi connectivity index (χ0n) is 14.2. The molecule has 2 saturated heterocycles. The van der Waals surface area contributed by atoms with Crippen LogP contribution < -0.4 is 5.73 Å². The highest BCUT2D eigenvalue weighted by molar-refractivity contribution is 4.84. The van der Waals surface area contributed by atoms with Gasteiger partial charge in [0, 0.05) is 18.1 Å².